The van der Waals surface area contributed by atoms with E-state index in [9.17, 15) is 9.59 Å². The Labute approximate surface area is 114 Å². The molecule has 0 spiro atoms. The van der Waals surface area contributed by atoms with Crippen LogP contribution in [0.4, 0.5) is 0 Å². The Bertz CT molecular complexity index is 290. The van der Waals surface area contributed by atoms with Crippen LogP contribution in [0.5, 0.6) is 0 Å². The summed E-state index contributed by atoms with van der Waals surface area (Å²) in [4.78, 5) is 25.1. The maximum absolute atomic E-state index is 11.8. The molecule has 1 amide bonds. The zero-order chi connectivity index (χ0) is 14.1. The third-order valence-electron chi connectivity index (χ3n) is 3.38. The Morgan fingerprint density at radius 3 is 2.47 bits per heavy atom. The molecular weight excluding hydrogens is 248 g/mol. The third-order valence-corrected chi connectivity index (χ3v) is 3.38. The SMILES string of the molecule is COCCNC(=O)CN(CC(=O)OC)C1CCCC1. The molecule has 0 bridgehead atoms. The summed E-state index contributed by atoms with van der Waals surface area (Å²) in [6.45, 7) is 1.40. The van der Waals surface area contributed by atoms with Crippen LogP contribution in [0.2, 0.25) is 0 Å². The summed E-state index contributed by atoms with van der Waals surface area (Å²) in [6, 6.07) is 0.312. The van der Waals surface area contributed by atoms with Gasteiger partial charge < -0.3 is 14.8 Å². The van der Waals surface area contributed by atoms with Crippen molar-refractivity contribution >= 4 is 11.9 Å². The van der Waals surface area contributed by atoms with Gasteiger partial charge in [0.2, 0.25) is 5.91 Å². The van der Waals surface area contributed by atoms with Gasteiger partial charge in [0.15, 0.2) is 0 Å². The lowest BCUT2D eigenvalue weighted by Gasteiger charge is -2.26. The summed E-state index contributed by atoms with van der Waals surface area (Å²) in [6.07, 6.45) is 4.41. The van der Waals surface area contributed by atoms with Crippen molar-refractivity contribution < 1.29 is 19.1 Å². The summed E-state index contributed by atoms with van der Waals surface area (Å²) in [5, 5.41) is 2.77. The van der Waals surface area contributed by atoms with Crippen molar-refractivity contribution in [3.05, 3.63) is 0 Å². The molecular formula is C13H24N2O4. The van der Waals surface area contributed by atoms with Crippen molar-refractivity contribution in [3.63, 3.8) is 0 Å². The molecule has 0 aromatic rings. The van der Waals surface area contributed by atoms with Gasteiger partial charge in [0.05, 0.1) is 26.8 Å². The van der Waals surface area contributed by atoms with Crippen LogP contribution in [0.1, 0.15) is 25.7 Å². The van der Waals surface area contributed by atoms with Gasteiger partial charge >= 0.3 is 5.97 Å². The van der Waals surface area contributed by atoms with Crippen LogP contribution < -0.4 is 5.32 Å². The van der Waals surface area contributed by atoms with Crippen LogP contribution in [-0.2, 0) is 19.1 Å². The minimum Gasteiger partial charge on any atom is -0.468 e. The molecule has 0 unspecified atom stereocenters. The zero-order valence-electron chi connectivity index (χ0n) is 11.8. The van der Waals surface area contributed by atoms with Crippen molar-refractivity contribution in [2.45, 2.75) is 31.7 Å². The smallest absolute Gasteiger partial charge is 0.319 e. The van der Waals surface area contributed by atoms with Crippen LogP contribution >= 0.6 is 0 Å². The van der Waals surface area contributed by atoms with Crippen LogP contribution in [0.15, 0.2) is 0 Å². The number of carbonyl (C=O) groups is 2. The third kappa shape index (κ3) is 6.02. The van der Waals surface area contributed by atoms with Crippen LogP contribution in [0.3, 0.4) is 0 Å². The lowest BCUT2D eigenvalue weighted by Crippen LogP contribution is -2.45. The van der Waals surface area contributed by atoms with E-state index in [0.29, 0.717) is 19.2 Å². The average molecular weight is 272 g/mol. The molecule has 0 radical (unpaired) electrons. The number of hydrogen-bond acceptors (Lipinski definition) is 5. The molecule has 1 aliphatic rings. The van der Waals surface area contributed by atoms with E-state index < -0.39 is 0 Å². The van der Waals surface area contributed by atoms with Gasteiger partial charge in [0.25, 0.3) is 0 Å². The second kappa shape index (κ2) is 8.87. The van der Waals surface area contributed by atoms with E-state index in [1.165, 1.54) is 7.11 Å². The topological polar surface area (TPSA) is 67.9 Å². The first kappa shape index (κ1) is 15.9. The first-order valence-corrected chi connectivity index (χ1v) is 6.74. The lowest BCUT2D eigenvalue weighted by atomic mass is 10.2. The number of ether oxygens (including phenoxy) is 2. The monoisotopic (exact) mass is 272 g/mol. The molecule has 110 valence electrons. The molecule has 6 nitrogen and oxygen atoms in total. The highest BCUT2D eigenvalue weighted by atomic mass is 16.5. The van der Waals surface area contributed by atoms with Crippen molar-refractivity contribution in [2.75, 3.05) is 40.5 Å². The minimum atomic E-state index is -0.295. The Kier molecular flexibility index (Phi) is 7.43. The fourth-order valence-corrected chi connectivity index (χ4v) is 2.35. The summed E-state index contributed by atoms with van der Waals surface area (Å²) in [5.74, 6) is -0.371. The van der Waals surface area contributed by atoms with Gasteiger partial charge in [0, 0.05) is 19.7 Å². The highest BCUT2D eigenvalue weighted by Gasteiger charge is 2.26. The van der Waals surface area contributed by atoms with E-state index in [-0.39, 0.29) is 25.0 Å². The first-order chi connectivity index (χ1) is 9.17. The zero-order valence-corrected chi connectivity index (χ0v) is 11.8. The van der Waals surface area contributed by atoms with E-state index in [1.54, 1.807) is 7.11 Å². The number of esters is 1. The molecule has 0 heterocycles. The molecule has 0 atom stereocenters. The summed E-state index contributed by atoms with van der Waals surface area (Å²) < 4.78 is 9.56. The standard InChI is InChI=1S/C13H24N2O4/c1-18-8-7-14-12(16)9-15(10-13(17)19-2)11-5-3-4-6-11/h11H,3-10H2,1-2H3,(H,14,16). The van der Waals surface area contributed by atoms with Crippen LogP contribution in [0.25, 0.3) is 0 Å². The molecule has 0 aromatic heterocycles. The molecule has 1 N–H and O–H groups in total. The van der Waals surface area contributed by atoms with Gasteiger partial charge in [-0.15, -0.1) is 0 Å². The summed E-state index contributed by atoms with van der Waals surface area (Å²) in [5.41, 5.74) is 0. The molecule has 0 saturated heterocycles. The van der Waals surface area contributed by atoms with Crippen molar-refractivity contribution in [2.24, 2.45) is 0 Å². The number of amides is 1. The van der Waals surface area contributed by atoms with Gasteiger partial charge in [-0.25, -0.2) is 0 Å². The number of nitrogens with zero attached hydrogens (tertiary/aromatic N) is 1. The van der Waals surface area contributed by atoms with Gasteiger partial charge in [0.1, 0.15) is 0 Å². The quantitative estimate of drug-likeness (QED) is 0.504. The summed E-state index contributed by atoms with van der Waals surface area (Å²) >= 11 is 0. The second-order valence-corrected chi connectivity index (χ2v) is 4.76. The molecule has 0 aliphatic heterocycles. The van der Waals surface area contributed by atoms with E-state index in [4.69, 9.17) is 4.74 Å². The largest absolute Gasteiger partial charge is 0.468 e. The van der Waals surface area contributed by atoms with E-state index in [1.807, 2.05) is 4.90 Å². The Morgan fingerprint density at radius 1 is 1.21 bits per heavy atom. The van der Waals surface area contributed by atoms with E-state index in [2.05, 4.69) is 10.1 Å². The van der Waals surface area contributed by atoms with E-state index >= 15 is 0 Å². The van der Waals surface area contributed by atoms with Crippen molar-refractivity contribution in [3.8, 4) is 0 Å². The predicted molar refractivity (Wildman–Crippen MR) is 70.7 cm³/mol. The van der Waals surface area contributed by atoms with Gasteiger partial charge in [-0.1, -0.05) is 12.8 Å². The van der Waals surface area contributed by atoms with Crippen LogP contribution in [0, 0.1) is 0 Å². The molecule has 1 rings (SSSR count). The fraction of sp³-hybridized carbons (Fsp3) is 0.846. The number of rotatable bonds is 8. The summed E-state index contributed by atoms with van der Waals surface area (Å²) in [7, 11) is 2.96. The van der Waals surface area contributed by atoms with Gasteiger partial charge in [-0.2, -0.15) is 0 Å². The predicted octanol–water partition coefficient (Wildman–Crippen LogP) is 0.167. The highest BCUT2D eigenvalue weighted by Crippen LogP contribution is 2.23. The molecule has 1 fully saturated rings. The molecule has 1 aliphatic carbocycles. The fourth-order valence-electron chi connectivity index (χ4n) is 2.35. The Morgan fingerprint density at radius 2 is 1.89 bits per heavy atom. The normalized spacial score (nSPS) is 15.7. The average Bonchev–Trinajstić information content (AvgIpc) is 2.92. The van der Waals surface area contributed by atoms with E-state index in [0.717, 1.165) is 25.7 Å². The minimum absolute atomic E-state index is 0.0761. The number of methoxy groups -OCH3 is 2. The molecule has 0 aromatic carbocycles. The maximum atomic E-state index is 11.8. The molecule has 6 heteroatoms. The first-order valence-electron chi connectivity index (χ1n) is 6.74. The maximum Gasteiger partial charge on any atom is 0.319 e. The molecule has 1 saturated carbocycles. The second-order valence-electron chi connectivity index (χ2n) is 4.76. The van der Waals surface area contributed by atoms with Crippen LogP contribution in [-0.4, -0.2) is 63.3 Å². The van der Waals surface area contributed by atoms with Gasteiger partial charge in [-0.05, 0) is 12.8 Å². The highest BCUT2D eigenvalue weighted by molar-refractivity contribution is 5.79. The number of hydrogen-bond donors (Lipinski definition) is 1. The Hall–Kier alpha value is -1.14. The van der Waals surface area contributed by atoms with Crippen molar-refractivity contribution in [1.82, 2.24) is 10.2 Å². The molecule has 19 heavy (non-hydrogen) atoms. The number of nitrogens with one attached hydrogen (secondary N) is 1. The van der Waals surface area contributed by atoms with Crippen molar-refractivity contribution in [1.29, 1.82) is 0 Å². The Balaban J connectivity index is 2.43. The number of carbonyl (C=O) groups excluding carboxylic acids is 2. The van der Waals surface area contributed by atoms with Gasteiger partial charge in [-0.3, -0.25) is 14.5 Å². The lowest BCUT2D eigenvalue weighted by molar-refractivity contribution is -0.143.